The number of hydrogen-bond donors (Lipinski definition) is 0. The Labute approximate surface area is 58.2 Å². The van der Waals surface area contributed by atoms with Gasteiger partial charge in [0.15, 0.2) is 0 Å². The number of methoxy groups -OCH3 is 1. The van der Waals surface area contributed by atoms with Gasteiger partial charge in [-0.2, -0.15) is 0 Å². The van der Waals surface area contributed by atoms with Crippen LogP contribution in [-0.4, -0.2) is 22.4 Å². The van der Waals surface area contributed by atoms with E-state index in [1.165, 1.54) is 0 Å². The van der Waals surface area contributed by atoms with Crippen LogP contribution in [0.2, 0.25) is 6.55 Å². The van der Waals surface area contributed by atoms with Crippen LogP contribution >= 0.6 is 0 Å². The lowest BCUT2D eigenvalue weighted by atomic mass is 10.8. The maximum absolute atomic E-state index is 5.31. The van der Waals surface area contributed by atoms with E-state index < -0.39 is 9.04 Å². The van der Waals surface area contributed by atoms with Gasteiger partial charge in [-0.15, -0.1) is 6.58 Å². The van der Waals surface area contributed by atoms with Gasteiger partial charge >= 0.3 is 0 Å². The van der Waals surface area contributed by atoms with Gasteiger partial charge in [0.1, 0.15) is 6.29 Å². The second-order valence-electron chi connectivity index (χ2n) is 1.74. The molecule has 53 valence electrons. The highest BCUT2D eigenvalue weighted by Gasteiger charge is 2.04. The molecule has 0 aliphatic heterocycles. The Morgan fingerprint density at radius 2 is 2.22 bits per heavy atom. The molecule has 0 fully saturated rings. The van der Waals surface area contributed by atoms with Gasteiger partial charge in [0.2, 0.25) is 9.04 Å². The normalized spacial score (nSPS) is 13.8. The minimum Gasteiger partial charge on any atom is -0.388 e. The van der Waals surface area contributed by atoms with Gasteiger partial charge in [0.25, 0.3) is 0 Å². The maximum atomic E-state index is 5.31. The lowest BCUT2D eigenvalue weighted by molar-refractivity contribution is -0.0392. The molecule has 0 saturated carbocycles. The quantitative estimate of drug-likeness (QED) is 0.439. The van der Waals surface area contributed by atoms with Crippen molar-refractivity contribution in [2.24, 2.45) is 0 Å². The summed E-state index contributed by atoms with van der Waals surface area (Å²) in [5.74, 6) is 0. The molecule has 1 atom stereocenters. The minimum absolute atomic E-state index is 0.0955. The molecule has 0 aliphatic carbocycles. The summed E-state index contributed by atoms with van der Waals surface area (Å²) in [7, 11) is 0.827. The maximum Gasteiger partial charge on any atom is 0.238 e. The van der Waals surface area contributed by atoms with E-state index in [9.17, 15) is 0 Å². The molecule has 0 heterocycles. The van der Waals surface area contributed by atoms with Crippen LogP contribution < -0.4 is 0 Å². The van der Waals surface area contributed by atoms with Crippen LogP contribution in [0.15, 0.2) is 12.3 Å². The van der Waals surface area contributed by atoms with E-state index >= 15 is 0 Å². The Kier molecular flexibility index (Phi) is 4.66. The van der Waals surface area contributed by atoms with Crippen molar-refractivity contribution >= 4 is 9.04 Å². The molecule has 0 N–H and O–H groups in total. The Bertz CT molecular complexity index is 85.1. The lowest BCUT2D eigenvalue weighted by Gasteiger charge is -2.12. The average Bonchev–Trinajstić information content (AvgIpc) is 1.87. The van der Waals surface area contributed by atoms with Gasteiger partial charge in [-0.25, -0.2) is 0 Å². The molecule has 1 unspecified atom stereocenters. The van der Waals surface area contributed by atoms with E-state index in [1.54, 1.807) is 7.11 Å². The predicted octanol–water partition coefficient (Wildman–Crippen LogP) is 1.34. The summed E-state index contributed by atoms with van der Waals surface area (Å²) in [5, 5.41) is 0. The first-order valence-corrected chi connectivity index (χ1v) is 4.84. The molecule has 9 heavy (non-hydrogen) atoms. The minimum atomic E-state index is -0.801. The van der Waals surface area contributed by atoms with Crippen LogP contribution in [0.25, 0.3) is 0 Å². The van der Waals surface area contributed by atoms with Crippen molar-refractivity contribution in [2.45, 2.75) is 19.8 Å². The van der Waals surface area contributed by atoms with Crippen LogP contribution in [0, 0.1) is 0 Å². The molecule has 0 aromatic rings. The predicted molar refractivity (Wildman–Crippen MR) is 39.4 cm³/mol. The second-order valence-corrected chi connectivity index (χ2v) is 3.60. The zero-order valence-electron chi connectivity index (χ0n) is 6.18. The molecule has 0 rings (SSSR count). The Hall–Kier alpha value is -0.123. The zero-order valence-corrected chi connectivity index (χ0v) is 7.18. The third kappa shape index (κ3) is 4.38. The van der Waals surface area contributed by atoms with Crippen molar-refractivity contribution in [3.05, 3.63) is 12.3 Å². The first-order valence-electron chi connectivity index (χ1n) is 2.86. The third-order valence-corrected chi connectivity index (χ3v) is 2.25. The van der Waals surface area contributed by atoms with Crippen molar-refractivity contribution in [1.82, 2.24) is 0 Å². The summed E-state index contributed by atoms with van der Waals surface area (Å²) >= 11 is 0. The van der Waals surface area contributed by atoms with Gasteiger partial charge in [-0.05, 0) is 13.5 Å². The van der Waals surface area contributed by atoms with Crippen molar-refractivity contribution in [3.8, 4) is 0 Å². The molecular weight excluding hydrogens is 132 g/mol. The fraction of sp³-hybridized carbons (Fsp3) is 0.667. The Morgan fingerprint density at radius 3 is 2.56 bits per heavy atom. The summed E-state index contributed by atoms with van der Waals surface area (Å²) < 4.78 is 10.2. The van der Waals surface area contributed by atoms with E-state index in [1.807, 2.05) is 19.2 Å². The van der Waals surface area contributed by atoms with Gasteiger partial charge in [0, 0.05) is 7.11 Å². The Morgan fingerprint density at radius 1 is 1.67 bits per heavy atom. The Balaban J connectivity index is 3.33. The standard InChI is InChI=1S/C6H13O2Si/c1-5-9(4)8-6(2)7-3/h5-6H,1H2,2-4H3. The number of ether oxygens (including phenoxy) is 1. The fourth-order valence-electron chi connectivity index (χ4n) is 0.358. The van der Waals surface area contributed by atoms with E-state index in [0.717, 1.165) is 0 Å². The molecular formula is C6H13O2Si. The first kappa shape index (κ1) is 8.88. The van der Waals surface area contributed by atoms with E-state index in [0.29, 0.717) is 0 Å². The average molecular weight is 145 g/mol. The molecule has 0 saturated heterocycles. The van der Waals surface area contributed by atoms with Crippen molar-refractivity contribution in [3.63, 3.8) is 0 Å². The van der Waals surface area contributed by atoms with Crippen LogP contribution in [0.4, 0.5) is 0 Å². The molecule has 0 spiro atoms. The van der Waals surface area contributed by atoms with Crippen molar-refractivity contribution < 1.29 is 9.16 Å². The largest absolute Gasteiger partial charge is 0.388 e. The van der Waals surface area contributed by atoms with Gasteiger partial charge in [0.05, 0.1) is 0 Å². The van der Waals surface area contributed by atoms with E-state index in [4.69, 9.17) is 9.16 Å². The highest BCUT2D eigenvalue weighted by molar-refractivity contribution is 6.55. The van der Waals surface area contributed by atoms with E-state index in [-0.39, 0.29) is 6.29 Å². The highest BCUT2D eigenvalue weighted by Crippen LogP contribution is 1.94. The van der Waals surface area contributed by atoms with Gasteiger partial charge in [-0.3, -0.25) is 0 Å². The lowest BCUT2D eigenvalue weighted by Crippen LogP contribution is -2.19. The van der Waals surface area contributed by atoms with Crippen molar-refractivity contribution in [2.75, 3.05) is 7.11 Å². The van der Waals surface area contributed by atoms with E-state index in [2.05, 4.69) is 6.58 Å². The van der Waals surface area contributed by atoms with Crippen LogP contribution in [0.3, 0.4) is 0 Å². The fourth-order valence-corrected chi connectivity index (χ4v) is 1.07. The van der Waals surface area contributed by atoms with Crippen LogP contribution in [0.1, 0.15) is 6.92 Å². The topological polar surface area (TPSA) is 18.5 Å². The zero-order chi connectivity index (χ0) is 7.28. The number of rotatable bonds is 4. The molecule has 0 bridgehead atoms. The molecule has 3 heteroatoms. The highest BCUT2D eigenvalue weighted by atomic mass is 28.3. The second kappa shape index (κ2) is 4.73. The summed E-state index contributed by atoms with van der Waals surface area (Å²) in [6.45, 7) is 7.51. The molecule has 2 nitrogen and oxygen atoms in total. The van der Waals surface area contributed by atoms with Crippen LogP contribution in [-0.2, 0) is 9.16 Å². The molecule has 0 amide bonds. The summed E-state index contributed by atoms with van der Waals surface area (Å²) in [6.07, 6.45) is -0.0955. The monoisotopic (exact) mass is 145 g/mol. The molecule has 1 radical (unpaired) electrons. The van der Waals surface area contributed by atoms with Gasteiger partial charge < -0.3 is 9.16 Å². The SMILES string of the molecule is C=C[Si](C)OC(C)OC. The molecule has 0 aromatic carbocycles. The molecule has 0 aromatic heterocycles. The summed E-state index contributed by atoms with van der Waals surface area (Å²) in [4.78, 5) is 0. The summed E-state index contributed by atoms with van der Waals surface area (Å²) in [6, 6.07) is 0. The van der Waals surface area contributed by atoms with Gasteiger partial charge in [-0.1, -0.05) is 5.70 Å². The van der Waals surface area contributed by atoms with Crippen molar-refractivity contribution in [1.29, 1.82) is 0 Å². The molecule has 0 aliphatic rings. The van der Waals surface area contributed by atoms with Crippen LogP contribution in [0.5, 0.6) is 0 Å². The first-order chi connectivity index (χ1) is 4.20. The summed E-state index contributed by atoms with van der Waals surface area (Å²) in [5.41, 5.74) is 1.83. The third-order valence-electron chi connectivity index (χ3n) is 0.971. The smallest absolute Gasteiger partial charge is 0.238 e. The number of hydrogen-bond acceptors (Lipinski definition) is 2.